The van der Waals surface area contributed by atoms with Gasteiger partial charge < -0.3 is 10.0 Å². The number of aromatic carboxylic acids is 1. The predicted molar refractivity (Wildman–Crippen MR) is 70.4 cm³/mol. The van der Waals surface area contributed by atoms with Gasteiger partial charge in [-0.15, -0.1) is 10.2 Å². The van der Waals surface area contributed by atoms with E-state index in [0.29, 0.717) is 6.04 Å². The van der Waals surface area contributed by atoms with E-state index in [1.165, 1.54) is 32.0 Å². The number of hydrogen-bond donors (Lipinski definition) is 1. The lowest BCUT2D eigenvalue weighted by molar-refractivity contribution is 0.0689. The molecule has 0 spiro atoms. The molecule has 1 aromatic rings. The molecule has 19 heavy (non-hydrogen) atoms. The maximum Gasteiger partial charge on any atom is 0.356 e. The molecule has 6 heteroatoms. The Labute approximate surface area is 112 Å². The summed E-state index contributed by atoms with van der Waals surface area (Å²) < 4.78 is 0. The van der Waals surface area contributed by atoms with Crippen LogP contribution in [-0.4, -0.2) is 58.4 Å². The second kappa shape index (κ2) is 5.13. The topological polar surface area (TPSA) is 69.6 Å². The molecule has 2 fully saturated rings. The van der Waals surface area contributed by atoms with E-state index in [9.17, 15) is 4.79 Å². The number of aromatic nitrogens is 2. The lowest BCUT2D eigenvalue weighted by atomic mass is 10.2. The van der Waals surface area contributed by atoms with Crippen LogP contribution in [0.5, 0.6) is 0 Å². The van der Waals surface area contributed by atoms with Gasteiger partial charge in [-0.3, -0.25) is 4.90 Å². The van der Waals surface area contributed by atoms with Crippen molar-refractivity contribution >= 4 is 11.8 Å². The molecule has 6 nitrogen and oxygen atoms in total. The zero-order chi connectivity index (χ0) is 13.2. The molecule has 2 saturated heterocycles. The SMILES string of the molecule is O=C(O)c1ccc(N2CCC(N3CCCC3)C2)nn1. The Morgan fingerprint density at radius 2 is 2.00 bits per heavy atom. The molecule has 0 bridgehead atoms. The van der Waals surface area contributed by atoms with Crippen molar-refractivity contribution in [2.24, 2.45) is 0 Å². The van der Waals surface area contributed by atoms with Gasteiger partial charge in [0.25, 0.3) is 0 Å². The molecule has 3 rings (SSSR count). The Bertz CT molecular complexity index is 456. The molecule has 102 valence electrons. The molecule has 0 aromatic carbocycles. The van der Waals surface area contributed by atoms with Crippen LogP contribution in [0.2, 0.25) is 0 Å². The van der Waals surface area contributed by atoms with Gasteiger partial charge in [0.05, 0.1) is 0 Å². The van der Waals surface area contributed by atoms with Crippen molar-refractivity contribution in [2.45, 2.75) is 25.3 Å². The summed E-state index contributed by atoms with van der Waals surface area (Å²) in [5, 5.41) is 16.6. The zero-order valence-corrected chi connectivity index (χ0v) is 10.8. The number of hydrogen-bond acceptors (Lipinski definition) is 5. The average molecular weight is 262 g/mol. The molecular weight excluding hydrogens is 244 g/mol. The third-order valence-corrected chi connectivity index (χ3v) is 4.01. The monoisotopic (exact) mass is 262 g/mol. The number of likely N-dealkylation sites (tertiary alicyclic amines) is 1. The van der Waals surface area contributed by atoms with E-state index in [4.69, 9.17) is 5.11 Å². The third-order valence-electron chi connectivity index (χ3n) is 4.01. The van der Waals surface area contributed by atoms with Crippen LogP contribution >= 0.6 is 0 Å². The molecule has 0 radical (unpaired) electrons. The molecule has 0 aliphatic carbocycles. The van der Waals surface area contributed by atoms with Gasteiger partial charge in [0, 0.05) is 19.1 Å². The largest absolute Gasteiger partial charge is 0.476 e. The molecule has 1 aromatic heterocycles. The molecule has 2 aliphatic heterocycles. The van der Waals surface area contributed by atoms with E-state index in [1.54, 1.807) is 6.07 Å². The number of carbonyl (C=O) groups is 1. The molecule has 0 amide bonds. The summed E-state index contributed by atoms with van der Waals surface area (Å²) >= 11 is 0. The van der Waals surface area contributed by atoms with Gasteiger partial charge in [-0.25, -0.2) is 4.79 Å². The van der Waals surface area contributed by atoms with Crippen LogP contribution in [0.1, 0.15) is 29.8 Å². The van der Waals surface area contributed by atoms with Crippen molar-refractivity contribution in [1.29, 1.82) is 0 Å². The molecule has 1 atom stereocenters. The first kappa shape index (κ1) is 12.3. The summed E-state index contributed by atoms with van der Waals surface area (Å²) in [5.41, 5.74) is -0.000889. The molecule has 0 saturated carbocycles. The first-order valence-electron chi connectivity index (χ1n) is 6.80. The van der Waals surface area contributed by atoms with Crippen LogP contribution in [0.15, 0.2) is 12.1 Å². The van der Waals surface area contributed by atoms with E-state index in [-0.39, 0.29) is 5.69 Å². The number of carboxylic acids is 1. The van der Waals surface area contributed by atoms with Crippen molar-refractivity contribution < 1.29 is 9.90 Å². The van der Waals surface area contributed by atoms with Crippen molar-refractivity contribution in [2.75, 3.05) is 31.1 Å². The molecular formula is C13H18N4O2. The van der Waals surface area contributed by atoms with Gasteiger partial charge in [-0.1, -0.05) is 0 Å². The normalized spacial score (nSPS) is 24.0. The highest BCUT2D eigenvalue weighted by atomic mass is 16.4. The molecule has 2 aliphatic rings. The lowest BCUT2D eigenvalue weighted by Crippen LogP contribution is -2.35. The Morgan fingerprint density at radius 1 is 1.21 bits per heavy atom. The number of rotatable bonds is 3. The zero-order valence-electron chi connectivity index (χ0n) is 10.8. The Kier molecular flexibility index (Phi) is 3.33. The highest BCUT2D eigenvalue weighted by Crippen LogP contribution is 2.23. The minimum Gasteiger partial charge on any atom is -0.476 e. The van der Waals surface area contributed by atoms with Crippen LogP contribution in [0.3, 0.4) is 0 Å². The van der Waals surface area contributed by atoms with Crippen LogP contribution < -0.4 is 4.90 Å². The van der Waals surface area contributed by atoms with Crippen molar-refractivity contribution in [3.63, 3.8) is 0 Å². The predicted octanol–water partition coefficient (Wildman–Crippen LogP) is 0.849. The highest BCUT2D eigenvalue weighted by Gasteiger charge is 2.29. The minimum absolute atomic E-state index is 0.000889. The van der Waals surface area contributed by atoms with Crippen molar-refractivity contribution in [3.05, 3.63) is 17.8 Å². The highest BCUT2D eigenvalue weighted by molar-refractivity contribution is 5.85. The number of carboxylic acid groups (broad SMARTS) is 1. The van der Waals surface area contributed by atoms with E-state index < -0.39 is 5.97 Å². The fraction of sp³-hybridized carbons (Fsp3) is 0.615. The first-order chi connectivity index (χ1) is 9.24. The summed E-state index contributed by atoms with van der Waals surface area (Å²) in [4.78, 5) is 15.5. The van der Waals surface area contributed by atoms with Gasteiger partial charge in [0.2, 0.25) is 0 Å². The number of anilines is 1. The maximum absolute atomic E-state index is 10.7. The van der Waals surface area contributed by atoms with Crippen LogP contribution in [0.4, 0.5) is 5.82 Å². The Balaban J connectivity index is 1.65. The average Bonchev–Trinajstić information content (AvgIpc) is 3.10. The molecule has 1 unspecified atom stereocenters. The summed E-state index contributed by atoms with van der Waals surface area (Å²) in [6.45, 7) is 4.37. The van der Waals surface area contributed by atoms with Gasteiger partial charge in [-0.2, -0.15) is 0 Å². The second-order valence-electron chi connectivity index (χ2n) is 5.21. The summed E-state index contributed by atoms with van der Waals surface area (Å²) in [5.74, 6) is -0.248. The van der Waals surface area contributed by atoms with Crippen molar-refractivity contribution in [3.8, 4) is 0 Å². The van der Waals surface area contributed by atoms with Crippen LogP contribution in [0.25, 0.3) is 0 Å². The molecule has 1 N–H and O–H groups in total. The Hall–Kier alpha value is -1.69. The fourth-order valence-corrected chi connectivity index (χ4v) is 2.96. The standard InChI is InChI=1S/C13H18N4O2/c18-13(19)11-3-4-12(15-14-11)17-8-5-10(9-17)16-6-1-2-7-16/h3-4,10H,1-2,5-9H2,(H,18,19). The fourth-order valence-electron chi connectivity index (χ4n) is 2.96. The van der Waals surface area contributed by atoms with E-state index in [1.807, 2.05) is 0 Å². The van der Waals surface area contributed by atoms with E-state index >= 15 is 0 Å². The smallest absolute Gasteiger partial charge is 0.356 e. The Morgan fingerprint density at radius 3 is 2.63 bits per heavy atom. The first-order valence-corrected chi connectivity index (χ1v) is 6.80. The third kappa shape index (κ3) is 2.53. The quantitative estimate of drug-likeness (QED) is 0.871. The van der Waals surface area contributed by atoms with E-state index in [0.717, 1.165) is 25.3 Å². The van der Waals surface area contributed by atoms with Crippen molar-refractivity contribution in [1.82, 2.24) is 15.1 Å². The van der Waals surface area contributed by atoms with E-state index in [2.05, 4.69) is 20.0 Å². The maximum atomic E-state index is 10.7. The van der Waals surface area contributed by atoms with Gasteiger partial charge >= 0.3 is 5.97 Å². The van der Waals surface area contributed by atoms with Crippen LogP contribution in [-0.2, 0) is 0 Å². The summed E-state index contributed by atoms with van der Waals surface area (Å²) in [6.07, 6.45) is 3.77. The molecule has 3 heterocycles. The number of nitrogens with zero attached hydrogens (tertiary/aromatic N) is 4. The van der Waals surface area contributed by atoms with Gasteiger partial charge in [0.1, 0.15) is 0 Å². The van der Waals surface area contributed by atoms with Gasteiger partial charge in [-0.05, 0) is 44.5 Å². The lowest BCUT2D eigenvalue weighted by Gasteiger charge is -2.23. The minimum atomic E-state index is -1.03. The van der Waals surface area contributed by atoms with Crippen LogP contribution in [0, 0.1) is 0 Å². The summed E-state index contributed by atoms with van der Waals surface area (Å²) in [7, 11) is 0. The second-order valence-corrected chi connectivity index (χ2v) is 5.21. The van der Waals surface area contributed by atoms with Gasteiger partial charge in [0.15, 0.2) is 11.5 Å². The summed E-state index contributed by atoms with van der Waals surface area (Å²) in [6, 6.07) is 3.89.